The van der Waals surface area contributed by atoms with Crippen molar-refractivity contribution in [2.24, 2.45) is 5.92 Å². The molecule has 2 fully saturated rings. The Bertz CT molecular complexity index is 692. The van der Waals surface area contributed by atoms with Gasteiger partial charge in [0.25, 0.3) is 0 Å². The van der Waals surface area contributed by atoms with E-state index in [0.717, 1.165) is 11.1 Å². The first-order valence-corrected chi connectivity index (χ1v) is 9.03. The highest BCUT2D eigenvalue weighted by atomic mass is 16.6. The first kappa shape index (κ1) is 17.6. The molecule has 0 spiro atoms. The maximum Gasteiger partial charge on any atom is 0.113 e. The Kier molecular flexibility index (Phi) is 5.33. The van der Waals surface area contributed by atoms with Gasteiger partial charge in [-0.1, -0.05) is 60.7 Å². The molecule has 26 heavy (non-hydrogen) atoms. The zero-order chi connectivity index (χ0) is 17.9. The van der Waals surface area contributed by atoms with Crippen LogP contribution < -0.4 is 0 Å². The number of hydrogen-bond donors (Lipinski definition) is 2. The maximum absolute atomic E-state index is 10.7. The Morgan fingerprint density at radius 1 is 0.769 bits per heavy atom. The van der Waals surface area contributed by atoms with Gasteiger partial charge in [0.15, 0.2) is 0 Å². The molecule has 1 heterocycles. The molecule has 2 N–H and O–H groups in total. The summed E-state index contributed by atoms with van der Waals surface area (Å²) in [6, 6.07) is 19.6. The van der Waals surface area contributed by atoms with Crippen LogP contribution in [-0.4, -0.2) is 47.3 Å². The normalized spacial score (nSPS) is 32.8. The molecule has 4 rings (SSSR count). The molecule has 5 nitrogen and oxygen atoms in total. The van der Waals surface area contributed by atoms with Crippen molar-refractivity contribution in [1.82, 2.24) is 0 Å². The van der Waals surface area contributed by atoms with E-state index in [1.165, 1.54) is 0 Å². The van der Waals surface area contributed by atoms with Crippen LogP contribution in [0.15, 0.2) is 60.7 Å². The van der Waals surface area contributed by atoms with Crippen LogP contribution in [-0.2, 0) is 27.4 Å². The predicted octanol–water partition coefficient (Wildman–Crippen LogP) is 1.91. The fourth-order valence-electron chi connectivity index (χ4n) is 3.63. The molecule has 0 aromatic heterocycles. The molecular formula is C21H24O5. The molecule has 0 bridgehead atoms. The lowest BCUT2D eigenvalue weighted by Crippen LogP contribution is -2.53. The molecule has 1 aliphatic heterocycles. The lowest BCUT2D eigenvalue weighted by atomic mass is 9.83. The lowest BCUT2D eigenvalue weighted by Gasteiger charge is -2.35. The summed E-state index contributed by atoms with van der Waals surface area (Å²) in [5.74, 6) is -0.201. The summed E-state index contributed by atoms with van der Waals surface area (Å²) in [5.41, 5.74) is 2.09. The van der Waals surface area contributed by atoms with Gasteiger partial charge in [0, 0.05) is 5.92 Å². The van der Waals surface area contributed by atoms with Crippen molar-refractivity contribution in [3.8, 4) is 0 Å². The van der Waals surface area contributed by atoms with Gasteiger partial charge in [0.2, 0.25) is 0 Å². The molecule has 6 atom stereocenters. The molecule has 138 valence electrons. The minimum atomic E-state index is -0.826. The van der Waals surface area contributed by atoms with Crippen molar-refractivity contribution in [2.45, 2.75) is 43.7 Å². The maximum atomic E-state index is 10.7. The largest absolute Gasteiger partial charge is 0.390 e. The van der Waals surface area contributed by atoms with E-state index in [9.17, 15) is 10.2 Å². The molecule has 2 aromatic rings. The molecule has 0 amide bonds. The zero-order valence-electron chi connectivity index (χ0n) is 14.5. The van der Waals surface area contributed by atoms with Crippen molar-refractivity contribution in [2.75, 3.05) is 6.61 Å². The van der Waals surface area contributed by atoms with Gasteiger partial charge < -0.3 is 24.4 Å². The number of aliphatic hydroxyl groups is 2. The highest BCUT2D eigenvalue weighted by Gasteiger charge is 2.60. The second-order valence-electron chi connectivity index (χ2n) is 6.97. The number of epoxide rings is 1. The minimum absolute atomic E-state index is 0.160. The van der Waals surface area contributed by atoms with Crippen LogP contribution in [0.4, 0.5) is 0 Å². The van der Waals surface area contributed by atoms with Crippen LogP contribution in [0.3, 0.4) is 0 Å². The summed E-state index contributed by atoms with van der Waals surface area (Å²) in [6.45, 7) is 1.20. The third-order valence-electron chi connectivity index (χ3n) is 5.14. The fraction of sp³-hybridized carbons (Fsp3) is 0.429. The molecule has 0 unspecified atom stereocenters. The second kappa shape index (κ2) is 7.86. The van der Waals surface area contributed by atoms with Crippen LogP contribution in [0.25, 0.3) is 0 Å². The summed E-state index contributed by atoms with van der Waals surface area (Å²) >= 11 is 0. The summed E-state index contributed by atoms with van der Waals surface area (Å²) in [4.78, 5) is 0. The van der Waals surface area contributed by atoms with Crippen molar-refractivity contribution >= 4 is 0 Å². The van der Waals surface area contributed by atoms with Gasteiger partial charge in [-0.2, -0.15) is 0 Å². The quantitative estimate of drug-likeness (QED) is 0.742. The average molecular weight is 356 g/mol. The van der Waals surface area contributed by atoms with E-state index in [-0.39, 0.29) is 18.1 Å². The first-order valence-electron chi connectivity index (χ1n) is 9.03. The van der Waals surface area contributed by atoms with Gasteiger partial charge in [-0.05, 0) is 11.1 Å². The SMILES string of the molecule is O[C@@H]1[C@@H](COCc2ccccc2)[C@@H]2O[C@@H]2[C@H](O)[C@H]1OCc1ccccc1. The molecule has 5 heteroatoms. The van der Waals surface area contributed by atoms with Crippen molar-refractivity contribution < 1.29 is 24.4 Å². The molecule has 2 aromatic carbocycles. The van der Waals surface area contributed by atoms with Crippen LogP contribution in [0.2, 0.25) is 0 Å². The molecular weight excluding hydrogens is 332 g/mol. The Hall–Kier alpha value is -1.76. The number of fused-ring (bicyclic) bond motifs is 1. The monoisotopic (exact) mass is 356 g/mol. The average Bonchev–Trinajstić information content (AvgIpc) is 3.47. The van der Waals surface area contributed by atoms with E-state index in [1.54, 1.807) is 0 Å². The summed E-state index contributed by atoms with van der Waals surface area (Å²) in [7, 11) is 0. The highest BCUT2D eigenvalue weighted by molar-refractivity contribution is 5.15. The standard InChI is InChI=1S/C21H24O5/c22-17-16(13-24-11-14-7-3-1-4-8-14)19-21(26-19)18(23)20(17)25-12-15-9-5-2-6-10-15/h1-10,16-23H,11-13H2/t16-,17-,18-,19+,20+,21-/m1/s1. The lowest BCUT2D eigenvalue weighted by molar-refractivity contribution is -0.145. The zero-order valence-corrected chi connectivity index (χ0v) is 14.5. The Morgan fingerprint density at radius 2 is 1.38 bits per heavy atom. The third kappa shape index (κ3) is 3.82. The molecule has 1 saturated carbocycles. The van der Waals surface area contributed by atoms with Crippen LogP contribution >= 0.6 is 0 Å². The molecule has 1 saturated heterocycles. The highest BCUT2D eigenvalue weighted by Crippen LogP contribution is 2.42. The summed E-state index contributed by atoms with van der Waals surface area (Å²) in [6.07, 6.45) is -2.75. The van der Waals surface area contributed by atoms with Crippen molar-refractivity contribution in [3.63, 3.8) is 0 Å². The number of hydrogen-bond acceptors (Lipinski definition) is 5. The van der Waals surface area contributed by atoms with Gasteiger partial charge in [0.1, 0.15) is 18.3 Å². The van der Waals surface area contributed by atoms with Crippen LogP contribution in [0.5, 0.6) is 0 Å². The van der Waals surface area contributed by atoms with Gasteiger partial charge in [-0.25, -0.2) is 0 Å². The van der Waals surface area contributed by atoms with E-state index >= 15 is 0 Å². The van der Waals surface area contributed by atoms with E-state index in [4.69, 9.17) is 14.2 Å². The van der Waals surface area contributed by atoms with Gasteiger partial charge in [-0.15, -0.1) is 0 Å². The van der Waals surface area contributed by atoms with Crippen molar-refractivity contribution in [1.29, 1.82) is 0 Å². The Balaban J connectivity index is 1.34. The smallest absolute Gasteiger partial charge is 0.113 e. The van der Waals surface area contributed by atoms with E-state index in [1.807, 2.05) is 60.7 Å². The fourth-order valence-corrected chi connectivity index (χ4v) is 3.63. The number of aliphatic hydroxyl groups excluding tert-OH is 2. The second-order valence-corrected chi connectivity index (χ2v) is 6.97. The third-order valence-corrected chi connectivity index (χ3v) is 5.14. The van der Waals surface area contributed by atoms with Crippen molar-refractivity contribution in [3.05, 3.63) is 71.8 Å². The molecule has 1 aliphatic carbocycles. The van der Waals surface area contributed by atoms with Gasteiger partial charge >= 0.3 is 0 Å². The van der Waals surface area contributed by atoms with E-state index in [2.05, 4.69) is 0 Å². The summed E-state index contributed by atoms with van der Waals surface area (Å²) < 4.78 is 17.2. The first-order chi connectivity index (χ1) is 12.7. The van der Waals surface area contributed by atoms with Crippen LogP contribution in [0.1, 0.15) is 11.1 Å². The van der Waals surface area contributed by atoms with Crippen LogP contribution in [0, 0.1) is 5.92 Å². The van der Waals surface area contributed by atoms with E-state index in [0.29, 0.717) is 19.8 Å². The van der Waals surface area contributed by atoms with E-state index < -0.39 is 18.3 Å². The number of benzene rings is 2. The molecule has 0 radical (unpaired) electrons. The minimum Gasteiger partial charge on any atom is -0.390 e. The number of ether oxygens (including phenoxy) is 3. The predicted molar refractivity (Wildman–Crippen MR) is 95.3 cm³/mol. The Labute approximate surface area is 153 Å². The summed E-state index contributed by atoms with van der Waals surface area (Å²) in [5, 5.41) is 21.1. The van der Waals surface area contributed by atoms with Gasteiger partial charge in [-0.3, -0.25) is 0 Å². The van der Waals surface area contributed by atoms with Gasteiger partial charge in [0.05, 0.1) is 32.0 Å². The molecule has 2 aliphatic rings. The number of rotatable bonds is 7. The Morgan fingerprint density at radius 3 is 2.04 bits per heavy atom. The topological polar surface area (TPSA) is 71.5 Å².